The fraction of sp³-hybridized carbons (Fsp3) is 0.308. The maximum Gasteiger partial charge on any atom is 0.263 e. The van der Waals surface area contributed by atoms with E-state index in [1.165, 1.54) is 25.0 Å². The molecule has 1 aromatic carbocycles. The Hall–Kier alpha value is -2.22. The van der Waals surface area contributed by atoms with Gasteiger partial charge in [-0.15, -0.1) is 0 Å². The molecule has 0 saturated carbocycles. The van der Waals surface area contributed by atoms with Gasteiger partial charge in [0.2, 0.25) is 0 Å². The quantitative estimate of drug-likeness (QED) is 0.906. The number of aromatic nitrogens is 2. The van der Waals surface area contributed by atoms with Crippen molar-refractivity contribution in [2.45, 2.75) is 11.8 Å². The molecule has 2 rings (SSSR count). The molecule has 114 valence electrons. The van der Waals surface area contributed by atoms with Gasteiger partial charge in [-0.1, -0.05) is 0 Å². The summed E-state index contributed by atoms with van der Waals surface area (Å²) in [5, 5.41) is 4.00. The summed E-state index contributed by atoms with van der Waals surface area (Å²) in [6.07, 6.45) is 1.65. The Bertz CT molecular complexity index is 753. The zero-order chi connectivity index (χ0) is 15.6. The predicted octanol–water partition coefficient (Wildman–Crippen LogP) is 1.55. The molecule has 0 atom stereocenters. The highest BCUT2D eigenvalue weighted by Gasteiger charge is 2.21. The van der Waals surface area contributed by atoms with Gasteiger partial charge in [0.1, 0.15) is 0 Å². The van der Waals surface area contributed by atoms with Crippen LogP contribution in [0.1, 0.15) is 5.56 Å². The van der Waals surface area contributed by atoms with Crippen LogP contribution in [0.3, 0.4) is 0 Å². The van der Waals surface area contributed by atoms with E-state index in [0.29, 0.717) is 17.1 Å². The molecule has 1 N–H and O–H groups in total. The summed E-state index contributed by atoms with van der Waals surface area (Å²) in [5.74, 6) is 1.09. The van der Waals surface area contributed by atoms with Crippen molar-refractivity contribution in [3.05, 3.63) is 30.0 Å². The average Bonchev–Trinajstić information content (AvgIpc) is 2.82. The van der Waals surface area contributed by atoms with Crippen LogP contribution in [0.25, 0.3) is 0 Å². The Morgan fingerprint density at radius 3 is 2.33 bits per heavy atom. The molecule has 21 heavy (non-hydrogen) atoms. The zero-order valence-corrected chi connectivity index (χ0v) is 13.1. The first-order valence-corrected chi connectivity index (χ1v) is 7.61. The van der Waals surface area contributed by atoms with E-state index in [1.54, 1.807) is 32.3 Å². The molecule has 1 aromatic heterocycles. The van der Waals surface area contributed by atoms with Gasteiger partial charge >= 0.3 is 0 Å². The van der Waals surface area contributed by atoms with Crippen molar-refractivity contribution >= 4 is 15.8 Å². The fourth-order valence-corrected chi connectivity index (χ4v) is 3.15. The fourth-order valence-electron chi connectivity index (χ4n) is 1.91. The second-order valence-corrected chi connectivity index (χ2v) is 6.10. The number of anilines is 1. The van der Waals surface area contributed by atoms with Crippen LogP contribution in [0.2, 0.25) is 0 Å². The Labute approximate surface area is 123 Å². The normalized spacial score (nSPS) is 11.2. The van der Waals surface area contributed by atoms with Gasteiger partial charge in [0.25, 0.3) is 10.0 Å². The maximum atomic E-state index is 12.4. The minimum Gasteiger partial charge on any atom is -0.493 e. The van der Waals surface area contributed by atoms with E-state index in [1.807, 2.05) is 0 Å². The molecule has 0 radical (unpaired) electrons. The number of rotatable bonds is 5. The topological polar surface area (TPSA) is 82.5 Å². The first kappa shape index (κ1) is 15.2. The Kier molecular flexibility index (Phi) is 4.08. The molecule has 2 aromatic rings. The van der Waals surface area contributed by atoms with Gasteiger partial charge in [-0.3, -0.25) is 9.40 Å². The number of hydrogen-bond donors (Lipinski definition) is 1. The average molecular weight is 311 g/mol. The van der Waals surface area contributed by atoms with Crippen LogP contribution in [-0.2, 0) is 17.1 Å². The summed E-state index contributed by atoms with van der Waals surface area (Å²) >= 11 is 0. The number of nitrogens with zero attached hydrogens (tertiary/aromatic N) is 2. The third-order valence-corrected chi connectivity index (χ3v) is 4.42. The van der Waals surface area contributed by atoms with Crippen molar-refractivity contribution in [1.29, 1.82) is 0 Å². The van der Waals surface area contributed by atoms with Crippen LogP contribution >= 0.6 is 0 Å². The van der Waals surface area contributed by atoms with E-state index in [4.69, 9.17) is 9.47 Å². The Morgan fingerprint density at radius 1 is 1.19 bits per heavy atom. The third-order valence-electron chi connectivity index (χ3n) is 2.92. The van der Waals surface area contributed by atoms with Gasteiger partial charge in [-0.05, 0) is 18.6 Å². The van der Waals surface area contributed by atoms with E-state index >= 15 is 0 Å². The molecule has 0 unspecified atom stereocenters. The number of benzene rings is 1. The molecule has 0 aliphatic rings. The molecular weight excluding hydrogens is 294 g/mol. The van der Waals surface area contributed by atoms with Crippen LogP contribution in [0.15, 0.2) is 29.3 Å². The van der Waals surface area contributed by atoms with E-state index in [2.05, 4.69) is 9.82 Å². The number of nitrogens with one attached hydrogen (secondary N) is 1. The van der Waals surface area contributed by atoms with Gasteiger partial charge in [0, 0.05) is 25.4 Å². The second kappa shape index (κ2) is 5.65. The molecule has 0 bridgehead atoms. The van der Waals surface area contributed by atoms with Crippen molar-refractivity contribution in [2.75, 3.05) is 18.9 Å². The first-order chi connectivity index (χ1) is 9.87. The molecule has 0 amide bonds. The summed E-state index contributed by atoms with van der Waals surface area (Å²) in [6, 6.07) is 4.62. The Balaban J connectivity index is 2.44. The summed E-state index contributed by atoms with van der Waals surface area (Å²) in [6.45, 7) is 1.69. The van der Waals surface area contributed by atoms with Gasteiger partial charge in [0.15, 0.2) is 17.3 Å². The smallest absolute Gasteiger partial charge is 0.263 e. The highest BCUT2D eigenvalue weighted by molar-refractivity contribution is 7.92. The maximum absolute atomic E-state index is 12.4. The largest absolute Gasteiger partial charge is 0.493 e. The van der Waals surface area contributed by atoms with E-state index in [9.17, 15) is 8.42 Å². The lowest BCUT2D eigenvalue weighted by Gasteiger charge is -2.13. The molecule has 0 fully saturated rings. The molecular formula is C13H17N3O4S. The minimum atomic E-state index is -3.75. The number of hydrogen-bond acceptors (Lipinski definition) is 5. The minimum absolute atomic E-state index is 0.116. The second-order valence-electron chi connectivity index (χ2n) is 4.45. The van der Waals surface area contributed by atoms with E-state index in [-0.39, 0.29) is 10.7 Å². The lowest BCUT2D eigenvalue weighted by Crippen LogP contribution is -2.15. The van der Waals surface area contributed by atoms with Crippen LogP contribution in [0.4, 0.5) is 5.82 Å². The molecule has 7 nitrogen and oxygen atoms in total. The van der Waals surface area contributed by atoms with Crippen molar-refractivity contribution in [1.82, 2.24) is 9.78 Å². The van der Waals surface area contributed by atoms with Crippen molar-refractivity contribution in [2.24, 2.45) is 7.05 Å². The van der Waals surface area contributed by atoms with Gasteiger partial charge in [-0.2, -0.15) is 5.10 Å². The molecule has 0 spiro atoms. The van der Waals surface area contributed by atoms with Gasteiger partial charge < -0.3 is 9.47 Å². The van der Waals surface area contributed by atoms with Crippen LogP contribution in [0.5, 0.6) is 11.5 Å². The van der Waals surface area contributed by atoms with E-state index < -0.39 is 10.0 Å². The standard InChI is InChI=1S/C13H17N3O4S/c1-9-7-10(19-3)11(20-4)8-12(9)21(17,18)15-13-5-6-16(2)14-13/h5-8H,1-4H3,(H,14,15). The number of sulfonamides is 1. The van der Waals surface area contributed by atoms with Gasteiger partial charge in [-0.25, -0.2) is 8.42 Å². The molecule has 0 saturated heterocycles. The van der Waals surface area contributed by atoms with Crippen molar-refractivity contribution in [3.63, 3.8) is 0 Å². The first-order valence-electron chi connectivity index (χ1n) is 6.12. The molecule has 0 aliphatic heterocycles. The lowest BCUT2D eigenvalue weighted by atomic mass is 10.2. The Morgan fingerprint density at radius 2 is 1.81 bits per heavy atom. The summed E-state index contributed by atoms with van der Waals surface area (Å²) in [5.41, 5.74) is 0.552. The highest BCUT2D eigenvalue weighted by atomic mass is 32.2. The van der Waals surface area contributed by atoms with Crippen molar-refractivity contribution < 1.29 is 17.9 Å². The lowest BCUT2D eigenvalue weighted by molar-refractivity contribution is 0.353. The summed E-state index contributed by atoms with van der Waals surface area (Å²) in [4.78, 5) is 0.116. The molecule has 1 heterocycles. The molecule has 8 heteroatoms. The zero-order valence-electron chi connectivity index (χ0n) is 12.2. The van der Waals surface area contributed by atoms with E-state index in [0.717, 1.165) is 0 Å². The van der Waals surface area contributed by atoms with Crippen LogP contribution in [0, 0.1) is 6.92 Å². The number of methoxy groups -OCH3 is 2. The summed E-state index contributed by atoms with van der Waals surface area (Å²) in [7, 11) is 0.910. The van der Waals surface area contributed by atoms with Gasteiger partial charge in [0.05, 0.1) is 19.1 Å². The van der Waals surface area contributed by atoms with Crippen LogP contribution in [-0.4, -0.2) is 32.4 Å². The SMILES string of the molecule is COc1cc(C)c(S(=O)(=O)Nc2ccn(C)n2)cc1OC. The monoisotopic (exact) mass is 311 g/mol. The summed E-state index contributed by atoms with van der Waals surface area (Å²) < 4.78 is 39.1. The highest BCUT2D eigenvalue weighted by Crippen LogP contribution is 2.32. The third kappa shape index (κ3) is 3.10. The van der Waals surface area contributed by atoms with Crippen molar-refractivity contribution in [3.8, 4) is 11.5 Å². The predicted molar refractivity (Wildman–Crippen MR) is 78.3 cm³/mol. The molecule has 0 aliphatic carbocycles. The number of ether oxygens (including phenoxy) is 2. The number of aryl methyl sites for hydroxylation is 2. The van der Waals surface area contributed by atoms with Crippen LogP contribution < -0.4 is 14.2 Å².